The van der Waals surface area contributed by atoms with Crippen molar-refractivity contribution in [1.29, 1.82) is 0 Å². The van der Waals surface area contributed by atoms with Gasteiger partial charge in [-0.3, -0.25) is 0 Å². The zero-order chi connectivity index (χ0) is 18.9. The van der Waals surface area contributed by atoms with Gasteiger partial charge in [0.15, 0.2) is 0 Å². The summed E-state index contributed by atoms with van der Waals surface area (Å²) in [5.41, 5.74) is 3.10. The van der Waals surface area contributed by atoms with Crippen molar-refractivity contribution in [3.05, 3.63) is 35.7 Å². The van der Waals surface area contributed by atoms with Crippen LogP contribution in [0.25, 0.3) is 11.4 Å². The van der Waals surface area contributed by atoms with Crippen LogP contribution in [0, 0.1) is 13.8 Å². The Morgan fingerprint density at radius 3 is 1.33 bits per heavy atom. The van der Waals surface area contributed by atoms with Gasteiger partial charge in [0.25, 0.3) is 0 Å². The summed E-state index contributed by atoms with van der Waals surface area (Å²) in [7, 11) is 0. The van der Waals surface area contributed by atoms with Crippen LogP contribution in [-0.2, 0) is 14.2 Å². The molecule has 0 saturated heterocycles. The molecule has 2 aromatic heterocycles. The molecule has 2 aromatic rings. The van der Waals surface area contributed by atoms with Gasteiger partial charge >= 0.3 is 0 Å². The predicted molar refractivity (Wildman–Crippen MR) is 100 cm³/mol. The first-order chi connectivity index (χ1) is 13.2. The van der Waals surface area contributed by atoms with E-state index in [0.717, 1.165) is 11.4 Å². The summed E-state index contributed by atoms with van der Waals surface area (Å²) < 4.78 is 28.3. The number of ether oxygens (including phenoxy) is 5. The first-order valence-corrected chi connectivity index (χ1v) is 9.18. The first kappa shape index (κ1) is 19.5. The molecule has 0 aliphatic carbocycles. The Labute approximate surface area is 159 Å². The maximum atomic E-state index is 5.92. The van der Waals surface area contributed by atoms with Crippen molar-refractivity contribution in [2.24, 2.45) is 0 Å². The summed E-state index contributed by atoms with van der Waals surface area (Å²) in [6.07, 6.45) is 0. The van der Waals surface area contributed by atoms with E-state index in [1.807, 2.05) is 38.1 Å². The Kier molecular flexibility index (Phi) is 7.38. The highest BCUT2D eigenvalue weighted by Gasteiger charge is 2.16. The van der Waals surface area contributed by atoms with Crippen LogP contribution < -0.4 is 9.47 Å². The fourth-order valence-electron chi connectivity index (χ4n) is 2.62. The van der Waals surface area contributed by atoms with Crippen molar-refractivity contribution in [2.75, 3.05) is 52.9 Å². The Balaban J connectivity index is 1.87. The minimum atomic E-state index is 0.420. The lowest BCUT2D eigenvalue weighted by molar-refractivity contribution is 0.00518. The SMILES string of the molecule is Cc1ccc2c(n1)-c1nc(C)ccc1OCCOCCOCCOCCO2. The minimum absolute atomic E-state index is 0.420. The molecule has 1 aliphatic heterocycles. The van der Waals surface area contributed by atoms with Crippen molar-refractivity contribution in [3.8, 4) is 22.9 Å². The number of nitrogens with zero attached hydrogens (tertiary/aromatic N) is 2. The Bertz CT molecular complexity index is 677. The summed E-state index contributed by atoms with van der Waals surface area (Å²) in [4.78, 5) is 9.31. The van der Waals surface area contributed by atoms with Gasteiger partial charge < -0.3 is 23.7 Å². The highest BCUT2D eigenvalue weighted by molar-refractivity contribution is 5.69. The van der Waals surface area contributed by atoms with Gasteiger partial charge in [0.1, 0.15) is 36.1 Å². The van der Waals surface area contributed by atoms with E-state index in [1.165, 1.54) is 0 Å². The van der Waals surface area contributed by atoms with Crippen molar-refractivity contribution >= 4 is 0 Å². The summed E-state index contributed by atoms with van der Waals surface area (Å²) in [6, 6.07) is 7.65. The molecule has 0 saturated carbocycles. The summed E-state index contributed by atoms with van der Waals surface area (Å²) in [5, 5.41) is 0. The molecule has 0 N–H and O–H groups in total. The molecular formula is C20H26N2O5. The molecule has 0 aromatic carbocycles. The van der Waals surface area contributed by atoms with E-state index in [1.54, 1.807) is 0 Å². The van der Waals surface area contributed by atoms with Gasteiger partial charge in [-0.1, -0.05) is 0 Å². The summed E-state index contributed by atoms with van der Waals surface area (Å²) in [6.45, 7) is 7.77. The lowest BCUT2D eigenvalue weighted by Gasteiger charge is -2.15. The van der Waals surface area contributed by atoms with E-state index < -0.39 is 0 Å². The van der Waals surface area contributed by atoms with Crippen LogP contribution in [0.2, 0.25) is 0 Å². The molecule has 0 unspecified atom stereocenters. The normalized spacial score (nSPS) is 17.0. The molecule has 0 amide bonds. The third-order valence-corrected chi connectivity index (χ3v) is 3.93. The Hall–Kier alpha value is -2.22. The van der Waals surface area contributed by atoms with Gasteiger partial charge in [-0.25, -0.2) is 9.97 Å². The number of aryl methyl sites for hydroxylation is 2. The van der Waals surface area contributed by atoms with Gasteiger partial charge in [0.2, 0.25) is 0 Å². The second-order valence-electron chi connectivity index (χ2n) is 6.13. The van der Waals surface area contributed by atoms with E-state index in [4.69, 9.17) is 23.7 Å². The smallest absolute Gasteiger partial charge is 0.147 e. The summed E-state index contributed by atoms with van der Waals surface area (Å²) in [5.74, 6) is 1.31. The molecule has 0 bridgehead atoms. The lowest BCUT2D eigenvalue weighted by atomic mass is 10.2. The zero-order valence-corrected chi connectivity index (χ0v) is 15.9. The molecule has 7 heteroatoms. The molecule has 7 nitrogen and oxygen atoms in total. The first-order valence-electron chi connectivity index (χ1n) is 9.18. The van der Waals surface area contributed by atoms with Crippen LogP contribution in [-0.4, -0.2) is 62.8 Å². The van der Waals surface area contributed by atoms with Crippen LogP contribution in [0.3, 0.4) is 0 Å². The Morgan fingerprint density at radius 2 is 0.926 bits per heavy atom. The van der Waals surface area contributed by atoms with Crippen LogP contribution >= 0.6 is 0 Å². The second kappa shape index (κ2) is 10.2. The third-order valence-electron chi connectivity index (χ3n) is 3.93. The number of rotatable bonds is 0. The van der Waals surface area contributed by atoms with Crippen molar-refractivity contribution in [1.82, 2.24) is 9.97 Å². The molecule has 27 heavy (non-hydrogen) atoms. The van der Waals surface area contributed by atoms with Crippen LogP contribution in [0.15, 0.2) is 24.3 Å². The van der Waals surface area contributed by atoms with Crippen molar-refractivity contribution in [3.63, 3.8) is 0 Å². The fourth-order valence-corrected chi connectivity index (χ4v) is 2.62. The van der Waals surface area contributed by atoms with Gasteiger partial charge in [0, 0.05) is 11.4 Å². The van der Waals surface area contributed by atoms with Crippen LogP contribution in [0.1, 0.15) is 11.4 Å². The average molecular weight is 374 g/mol. The monoisotopic (exact) mass is 374 g/mol. The number of aromatic nitrogens is 2. The largest absolute Gasteiger partial charge is 0.489 e. The van der Waals surface area contributed by atoms with Gasteiger partial charge in [-0.05, 0) is 38.1 Å². The topological polar surface area (TPSA) is 71.9 Å². The molecular weight excluding hydrogens is 348 g/mol. The molecule has 3 rings (SSSR count). The average Bonchev–Trinajstić information content (AvgIpc) is 2.67. The maximum absolute atomic E-state index is 5.92. The molecule has 1 aliphatic rings. The number of pyridine rings is 2. The number of hydrogen-bond donors (Lipinski definition) is 0. The Morgan fingerprint density at radius 1 is 0.556 bits per heavy atom. The minimum Gasteiger partial charge on any atom is -0.489 e. The molecule has 0 atom stereocenters. The van der Waals surface area contributed by atoms with E-state index in [-0.39, 0.29) is 0 Å². The van der Waals surface area contributed by atoms with Gasteiger partial charge in [0.05, 0.1) is 39.6 Å². The van der Waals surface area contributed by atoms with Gasteiger partial charge in [-0.2, -0.15) is 0 Å². The van der Waals surface area contributed by atoms with E-state index in [2.05, 4.69) is 9.97 Å². The molecule has 0 spiro atoms. The van der Waals surface area contributed by atoms with Gasteiger partial charge in [-0.15, -0.1) is 0 Å². The third kappa shape index (κ3) is 5.89. The second-order valence-corrected chi connectivity index (χ2v) is 6.13. The van der Waals surface area contributed by atoms with E-state index >= 15 is 0 Å². The van der Waals surface area contributed by atoms with E-state index in [9.17, 15) is 0 Å². The molecule has 0 fully saturated rings. The zero-order valence-electron chi connectivity index (χ0n) is 15.9. The fraction of sp³-hybridized carbons (Fsp3) is 0.500. The highest BCUT2D eigenvalue weighted by Crippen LogP contribution is 2.34. The van der Waals surface area contributed by atoms with Crippen molar-refractivity contribution in [2.45, 2.75) is 13.8 Å². The highest BCUT2D eigenvalue weighted by atomic mass is 16.6. The van der Waals surface area contributed by atoms with Crippen molar-refractivity contribution < 1.29 is 23.7 Å². The number of fused-ring (bicyclic) bond motifs is 3. The molecule has 146 valence electrons. The predicted octanol–water partition coefficient (Wildman–Crippen LogP) is 2.58. The van der Waals surface area contributed by atoms with Crippen LogP contribution in [0.5, 0.6) is 11.5 Å². The maximum Gasteiger partial charge on any atom is 0.147 e. The lowest BCUT2D eigenvalue weighted by Crippen LogP contribution is -2.14. The standard InChI is InChI=1S/C20H26N2O5/c1-15-3-5-17-19(21-15)20-18(6-4-16(2)22-20)27-14-12-25-10-8-23-7-9-24-11-13-26-17/h3-6H,7-14H2,1-2H3. The number of hydrogen-bond acceptors (Lipinski definition) is 7. The summed E-state index contributed by atoms with van der Waals surface area (Å²) >= 11 is 0. The molecule has 3 heterocycles. The van der Waals surface area contributed by atoms with E-state index in [0.29, 0.717) is 75.7 Å². The molecule has 0 radical (unpaired) electrons. The quantitative estimate of drug-likeness (QED) is 0.702. The van der Waals surface area contributed by atoms with Crippen LogP contribution in [0.4, 0.5) is 0 Å².